The van der Waals surface area contributed by atoms with Crippen molar-refractivity contribution in [1.29, 1.82) is 0 Å². The molecule has 0 heterocycles. The summed E-state index contributed by atoms with van der Waals surface area (Å²) in [6.07, 6.45) is 2.98. The number of carbonyl (C=O) groups excluding carboxylic acids is 1. The molecule has 1 aromatic rings. The lowest BCUT2D eigenvalue weighted by Gasteiger charge is -2.13. The summed E-state index contributed by atoms with van der Waals surface area (Å²) in [6, 6.07) is 7.39. The molecule has 0 aliphatic heterocycles. The Labute approximate surface area is 115 Å². The van der Waals surface area contributed by atoms with Crippen LogP contribution in [-0.4, -0.2) is 33.2 Å². The molecule has 0 saturated heterocycles. The molecule has 1 atom stereocenters. The Balaban J connectivity index is 2.30. The minimum absolute atomic E-state index is 0.0704. The second kappa shape index (κ2) is 8.53. The van der Waals surface area contributed by atoms with Crippen LogP contribution in [0.5, 0.6) is 5.75 Å². The van der Waals surface area contributed by atoms with Gasteiger partial charge in [0.1, 0.15) is 5.75 Å². The number of nitrogens with one attached hydrogen (secondary N) is 2. The minimum Gasteiger partial charge on any atom is -0.497 e. The quantitative estimate of drug-likeness (QED) is 0.745. The Hall–Kier alpha value is -1.55. The molecule has 106 valence electrons. The zero-order valence-electron chi connectivity index (χ0n) is 12.2. The number of hydrogen-bond donors (Lipinski definition) is 2. The van der Waals surface area contributed by atoms with Gasteiger partial charge in [0.05, 0.1) is 33.7 Å². The average molecular weight is 265 g/mol. The maximum absolute atomic E-state index is 11.8. The van der Waals surface area contributed by atoms with Gasteiger partial charge in [0.15, 0.2) is 0 Å². The van der Waals surface area contributed by atoms with Crippen molar-refractivity contribution in [3.63, 3.8) is 0 Å². The number of quaternary nitrogens is 1. The van der Waals surface area contributed by atoms with Crippen LogP contribution in [0.2, 0.25) is 0 Å². The summed E-state index contributed by atoms with van der Waals surface area (Å²) >= 11 is 0. The van der Waals surface area contributed by atoms with Gasteiger partial charge in [0.2, 0.25) is 5.91 Å². The number of ether oxygens (including phenoxy) is 1. The van der Waals surface area contributed by atoms with Crippen molar-refractivity contribution < 1.29 is 14.4 Å². The number of benzene rings is 1. The van der Waals surface area contributed by atoms with Crippen molar-refractivity contribution in [1.82, 2.24) is 0 Å². The van der Waals surface area contributed by atoms with Crippen LogP contribution in [-0.2, 0) is 4.79 Å². The normalized spacial score (nSPS) is 11.9. The first-order valence-electron chi connectivity index (χ1n) is 6.91. The standard InChI is InChI=1S/C15H24N2O2/c1-4-5-11-17(2)12-10-15(18)16-13-6-8-14(19-3)9-7-13/h6-9H,4-5,10-12H2,1-3H3,(H,16,18)/p+1. The van der Waals surface area contributed by atoms with Crippen LogP contribution >= 0.6 is 0 Å². The first-order valence-corrected chi connectivity index (χ1v) is 6.91. The van der Waals surface area contributed by atoms with Crippen LogP contribution in [0, 0.1) is 0 Å². The van der Waals surface area contributed by atoms with Gasteiger partial charge in [-0.3, -0.25) is 4.79 Å². The topological polar surface area (TPSA) is 42.8 Å². The van der Waals surface area contributed by atoms with Crippen LogP contribution < -0.4 is 15.0 Å². The van der Waals surface area contributed by atoms with E-state index in [0.717, 1.165) is 24.5 Å². The maximum Gasteiger partial charge on any atom is 0.230 e. The summed E-state index contributed by atoms with van der Waals surface area (Å²) in [5, 5.41) is 2.90. The van der Waals surface area contributed by atoms with Gasteiger partial charge in [-0.05, 0) is 30.7 Å². The minimum atomic E-state index is 0.0704. The van der Waals surface area contributed by atoms with E-state index in [1.807, 2.05) is 24.3 Å². The molecule has 1 rings (SSSR count). The molecule has 4 nitrogen and oxygen atoms in total. The molecule has 0 aliphatic rings. The number of anilines is 1. The van der Waals surface area contributed by atoms with Crippen LogP contribution in [0.4, 0.5) is 5.69 Å². The van der Waals surface area contributed by atoms with Gasteiger partial charge >= 0.3 is 0 Å². The van der Waals surface area contributed by atoms with Crippen LogP contribution in [0.25, 0.3) is 0 Å². The number of rotatable bonds is 8. The molecule has 0 spiro atoms. The van der Waals surface area contributed by atoms with Crippen LogP contribution in [0.1, 0.15) is 26.2 Å². The lowest BCUT2D eigenvalue weighted by Crippen LogP contribution is -3.09. The van der Waals surface area contributed by atoms with Gasteiger partial charge in [-0.25, -0.2) is 0 Å². The van der Waals surface area contributed by atoms with Gasteiger partial charge in [-0.2, -0.15) is 0 Å². The maximum atomic E-state index is 11.8. The van der Waals surface area contributed by atoms with Crippen molar-refractivity contribution in [2.75, 3.05) is 32.6 Å². The lowest BCUT2D eigenvalue weighted by molar-refractivity contribution is -0.879. The van der Waals surface area contributed by atoms with E-state index < -0.39 is 0 Å². The SMILES string of the molecule is CCCC[NH+](C)CCC(=O)Nc1ccc(OC)cc1. The third-order valence-corrected chi connectivity index (χ3v) is 3.11. The molecule has 19 heavy (non-hydrogen) atoms. The molecule has 2 N–H and O–H groups in total. The number of hydrogen-bond acceptors (Lipinski definition) is 2. The lowest BCUT2D eigenvalue weighted by atomic mass is 10.2. The molecule has 1 unspecified atom stereocenters. The van der Waals surface area contributed by atoms with E-state index in [1.165, 1.54) is 17.7 Å². The highest BCUT2D eigenvalue weighted by molar-refractivity contribution is 5.90. The molecule has 1 aromatic carbocycles. The summed E-state index contributed by atoms with van der Waals surface area (Å²) in [5.41, 5.74) is 0.817. The van der Waals surface area contributed by atoms with E-state index in [0.29, 0.717) is 6.42 Å². The Morgan fingerprint density at radius 2 is 1.95 bits per heavy atom. The third kappa shape index (κ3) is 6.25. The number of amides is 1. The van der Waals surface area contributed by atoms with Gasteiger partial charge < -0.3 is 15.0 Å². The average Bonchev–Trinajstić information content (AvgIpc) is 2.43. The fourth-order valence-corrected chi connectivity index (χ4v) is 1.83. The number of carbonyl (C=O) groups is 1. The Morgan fingerprint density at radius 1 is 1.26 bits per heavy atom. The summed E-state index contributed by atoms with van der Waals surface area (Å²) in [6.45, 7) is 4.19. The molecule has 0 radical (unpaired) electrons. The first-order chi connectivity index (χ1) is 9.15. The number of methoxy groups -OCH3 is 1. The molecule has 0 fully saturated rings. The van der Waals surface area contributed by atoms with Crippen molar-refractivity contribution in [2.24, 2.45) is 0 Å². The monoisotopic (exact) mass is 265 g/mol. The fourth-order valence-electron chi connectivity index (χ4n) is 1.83. The molecule has 0 aromatic heterocycles. The third-order valence-electron chi connectivity index (χ3n) is 3.11. The molecule has 0 saturated carbocycles. The molecular formula is C15H25N2O2+. The van der Waals surface area contributed by atoms with E-state index in [9.17, 15) is 4.79 Å². The van der Waals surface area contributed by atoms with Gasteiger partial charge in [-0.1, -0.05) is 13.3 Å². The van der Waals surface area contributed by atoms with Gasteiger partial charge in [-0.15, -0.1) is 0 Å². The summed E-state index contributed by atoms with van der Waals surface area (Å²) in [4.78, 5) is 13.2. The Kier molecular flexibility index (Phi) is 6.97. The van der Waals surface area contributed by atoms with Crippen molar-refractivity contribution >= 4 is 11.6 Å². The van der Waals surface area contributed by atoms with E-state index in [-0.39, 0.29) is 5.91 Å². The summed E-state index contributed by atoms with van der Waals surface area (Å²) in [5.74, 6) is 0.864. The second-order valence-corrected chi connectivity index (χ2v) is 4.84. The van der Waals surface area contributed by atoms with Crippen LogP contribution in [0.15, 0.2) is 24.3 Å². The van der Waals surface area contributed by atoms with Crippen LogP contribution in [0.3, 0.4) is 0 Å². The van der Waals surface area contributed by atoms with Gasteiger partial charge in [0, 0.05) is 5.69 Å². The largest absolute Gasteiger partial charge is 0.497 e. The predicted molar refractivity (Wildman–Crippen MR) is 77.8 cm³/mol. The van der Waals surface area contributed by atoms with Crippen molar-refractivity contribution in [3.05, 3.63) is 24.3 Å². The summed E-state index contributed by atoms with van der Waals surface area (Å²) in [7, 11) is 3.76. The Morgan fingerprint density at radius 3 is 2.53 bits per heavy atom. The van der Waals surface area contributed by atoms with E-state index >= 15 is 0 Å². The molecule has 4 heteroatoms. The fraction of sp³-hybridized carbons (Fsp3) is 0.533. The summed E-state index contributed by atoms with van der Waals surface area (Å²) < 4.78 is 5.07. The van der Waals surface area contributed by atoms with E-state index in [2.05, 4.69) is 19.3 Å². The first kappa shape index (κ1) is 15.5. The highest BCUT2D eigenvalue weighted by atomic mass is 16.5. The molecule has 0 bridgehead atoms. The smallest absolute Gasteiger partial charge is 0.230 e. The highest BCUT2D eigenvalue weighted by Crippen LogP contribution is 2.14. The molecule has 1 amide bonds. The van der Waals surface area contributed by atoms with Crippen molar-refractivity contribution in [2.45, 2.75) is 26.2 Å². The predicted octanol–water partition coefficient (Wildman–Crippen LogP) is 1.34. The number of unbranched alkanes of at least 4 members (excludes halogenated alkanes) is 1. The molecular weight excluding hydrogens is 240 g/mol. The second-order valence-electron chi connectivity index (χ2n) is 4.84. The van der Waals surface area contributed by atoms with Gasteiger partial charge in [0.25, 0.3) is 0 Å². The van der Waals surface area contributed by atoms with E-state index in [1.54, 1.807) is 7.11 Å². The zero-order valence-corrected chi connectivity index (χ0v) is 12.2. The zero-order chi connectivity index (χ0) is 14.1. The van der Waals surface area contributed by atoms with Crippen molar-refractivity contribution in [3.8, 4) is 5.75 Å². The highest BCUT2D eigenvalue weighted by Gasteiger charge is 2.07. The van der Waals surface area contributed by atoms with E-state index in [4.69, 9.17) is 4.74 Å². The Bertz CT molecular complexity index is 376. The molecule has 0 aliphatic carbocycles.